The largest absolute Gasteiger partial charge is 0.378 e. The van der Waals surface area contributed by atoms with Gasteiger partial charge in [-0.2, -0.15) is 5.10 Å². The van der Waals surface area contributed by atoms with Gasteiger partial charge < -0.3 is 4.90 Å². The molecule has 1 aromatic heterocycles. The number of hydrazone groups is 1. The molecule has 4 aromatic rings. The second-order valence-corrected chi connectivity index (χ2v) is 11.4. The molecule has 0 unspecified atom stereocenters. The van der Waals surface area contributed by atoms with E-state index < -0.39 is 10.0 Å². The smallest absolute Gasteiger partial charge is 0.262 e. The number of primary sulfonamides is 1. The van der Waals surface area contributed by atoms with Gasteiger partial charge in [-0.15, -0.1) is 0 Å². The quantitative estimate of drug-likeness (QED) is 0.131. The first-order valence-electron chi connectivity index (χ1n) is 12.0. The van der Waals surface area contributed by atoms with E-state index in [0.717, 1.165) is 28.6 Å². The minimum Gasteiger partial charge on any atom is -0.378 e. The fourth-order valence-corrected chi connectivity index (χ4v) is 5.07. The van der Waals surface area contributed by atoms with Gasteiger partial charge in [0.05, 0.1) is 27.8 Å². The highest BCUT2D eigenvalue weighted by molar-refractivity contribution is 7.99. The van der Waals surface area contributed by atoms with Crippen LogP contribution in [0.4, 0.5) is 5.69 Å². The van der Waals surface area contributed by atoms with Gasteiger partial charge in [0.2, 0.25) is 10.0 Å². The van der Waals surface area contributed by atoms with Crippen LogP contribution >= 0.6 is 11.8 Å². The van der Waals surface area contributed by atoms with Crippen LogP contribution in [0, 0.1) is 0 Å². The third-order valence-electron chi connectivity index (χ3n) is 5.85. The van der Waals surface area contributed by atoms with Gasteiger partial charge in [0.1, 0.15) is 0 Å². The number of fused-ring (bicyclic) bond motifs is 1. The normalized spacial score (nSPS) is 11.7. The lowest BCUT2D eigenvalue weighted by Crippen LogP contribution is -2.26. The van der Waals surface area contributed by atoms with E-state index in [2.05, 4.69) is 15.5 Å². The molecule has 3 N–H and O–H groups in total. The van der Waals surface area contributed by atoms with E-state index in [9.17, 15) is 18.0 Å². The van der Waals surface area contributed by atoms with Gasteiger partial charge in [0, 0.05) is 26.3 Å². The Balaban J connectivity index is 1.46. The fourth-order valence-electron chi connectivity index (χ4n) is 3.74. The molecule has 1 amide bonds. The summed E-state index contributed by atoms with van der Waals surface area (Å²) in [4.78, 5) is 32.4. The first-order chi connectivity index (χ1) is 18.6. The second kappa shape index (κ2) is 12.2. The molecule has 0 radical (unpaired) electrons. The summed E-state index contributed by atoms with van der Waals surface area (Å²) >= 11 is 1.14. The van der Waals surface area contributed by atoms with Crippen molar-refractivity contribution in [3.8, 4) is 0 Å². The van der Waals surface area contributed by atoms with Crippen LogP contribution < -0.4 is 21.0 Å². The molecule has 202 valence electrons. The number of nitrogens with two attached hydrogens (primary N) is 1. The molecule has 1 heterocycles. The standard InChI is InChI=1S/C27H28N6O4S2/c1-32(2)21-11-7-20(8-12-21)17-29-31-25(34)18-38-27-30-24-6-4-3-5-23(24)26(35)33(27)16-15-19-9-13-22(14-10-19)39(28,36)37/h3-14,17H,15-16,18H2,1-2H3,(H,31,34)(H2,28,36,37)/b29-17+. The minimum absolute atomic E-state index is 0.00471. The molecule has 10 nitrogen and oxygen atoms in total. The number of aryl methyl sites for hydroxylation is 1. The Labute approximate surface area is 230 Å². The van der Waals surface area contributed by atoms with Crippen LogP contribution in [0.2, 0.25) is 0 Å². The van der Waals surface area contributed by atoms with Crippen LogP contribution in [0.25, 0.3) is 10.9 Å². The van der Waals surface area contributed by atoms with Crippen molar-refractivity contribution in [2.24, 2.45) is 10.2 Å². The number of aromatic nitrogens is 2. The molecule has 0 saturated carbocycles. The minimum atomic E-state index is -3.79. The lowest BCUT2D eigenvalue weighted by molar-refractivity contribution is -0.118. The van der Waals surface area contributed by atoms with E-state index in [0.29, 0.717) is 22.5 Å². The summed E-state index contributed by atoms with van der Waals surface area (Å²) in [5.74, 6) is -0.334. The predicted octanol–water partition coefficient (Wildman–Crippen LogP) is 2.60. The number of thioether (sulfide) groups is 1. The van der Waals surface area contributed by atoms with Crippen molar-refractivity contribution in [2.75, 3.05) is 24.7 Å². The van der Waals surface area contributed by atoms with Crippen molar-refractivity contribution in [1.29, 1.82) is 0 Å². The van der Waals surface area contributed by atoms with Crippen LogP contribution in [0.1, 0.15) is 11.1 Å². The molecule has 4 rings (SSSR count). The third kappa shape index (κ3) is 7.31. The molecule has 39 heavy (non-hydrogen) atoms. The van der Waals surface area contributed by atoms with Gasteiger partial charge in [0.15, 0.2) is 5.16 Å². The average Bonchev–Trinajstić information content (AvgIpc) is 2.91. The SMILES string of the molecule is CN(C)c1ccc(/C=N/NC(=O)CSc2nc3ccccc3c(=O)n2CCc2ccc(S(N)(=O)=O)cc2)cc1. The van der Waals surface area contributed by atoms with Crippen molar-refractivity contribution in [2.45, 2.75) is 23.0 Å². The number of amides is 1. The highest BCUT2D eigenvalue weighted by Crippen LogP contribution is 2.19. The lowest BCUT2D eigenvalue weighted by atomic mass is 10.1. The number of carbonyl (C=O) groups excluding carboxylic acids is 1. The van der Waals surface area contributed by atoms with Crippen molar-refractivity contribution in [3.05, 3.63) is 94.3 Å². The van der Waals surface area contributed by atoms with E-state index in [1.54, 1.807) is 42.6 Å². The number of carbonyl (C=O) groups is 1. The zero-order valence-corrected chi connectivity index (χ0v) is 23.1. The predicted molar refractivity (Wildman–Crippen MR) is 155 cm³/mol. The van der Waals surface area contributed by atoms with Crippen LogP contribution in [0.15, 0.2) is 92.7 Å². The first-order valence-corrected chi connectivity index (χ1v) is 14.5. The van der Waals surface area contributed by atoms with E-state index in [1.807, 2.05) is 43.3 Å². The molecule has 0 aliphatic heterocycles. The molecular formula is C27H28N6O4S2. The number of hydrogen-bond acceptors (Lipinski definition) is 8. The molecule has 0 aliphatic carbocycles. The number of nitrogens with zero attached hydrogens (tertiary/aromatic N) is 4. The number of benzene rings is 3. The van der Waals surface area contributed by atoms with Gasteiger partial charge in [-0.05, 0) is 53.9 Å². The summed E-state index contributed by atoms with van der Waals surface area (Å²) < 4.78 is 24.6. The molecule has 0 saturated heterocycles. The summed E-state index contributed by atoms with van der Waals surface area (Å²) in [5.41, 5.74) is 5.56. The summed E-state index contributed by atoms with van der Waals surface area (Å²) in [6, 6.07) is 20.9. The number of para-hydroxylation sites is 1. The Morgan fingerprint density at radius 2 is 1.77 bits per heavy atom. The van der Waals surface area contributed by atoms with E-state index >= 15 is 0 Å². The fraction of sp³-hybridized carbons (Fsp3) is 0.185. The maximum Gasteiger partial charge on any atom is 0.262 e. The summed E-state index contributed by atoms with van der Waals surface area (Å²) in [6.07, 6.45) is 2.01. The van der Waals surface area contributed by atoms with Gasteiger partial charge in [-0.3, -0.25) is 14.2 Å². The zero-order chi connectivity index (χ0) is 28.0. The number of rotatable bonds is 10. The van der Waals surface area contributed by atoms with Crippen LogP contribution in [-0.4, -0.2) is 49.9 Å². The molecule has 0 fully saturated rings. The van der Waals surface area contributed by atoms with E-state index in [4.69, 9.17) is 5.14 Å². The van der Waals surface area contributed by atoms with Crippen molar-refractivity contribution < 1.29 is 13.2 Å². The van der Waals surface area contributed by atoms with Gasteiger partial charge >= 0.3 is 0 Å². The van der Waals surface area contributed by atoms with E-state index in [-0.39, 0.29) is 28.7 Å². The Morgan fingerprint density at radius 3 is 2.44 bits per heavy atom. The third-order valence-corrected chi connectivity index (χ3v) is 7.75. The monoisotopic (exact) mass is 564 g/mol. The van der Waals surface area contributed by atoms with Gasteiger partial charge in [-0.25, -0.2) is 24.0 Å². The van der Waals surface area contributed by atoms with Gasteiger partial charge in [0.25, 0.3) is 11.5 Å². The molecule has 12 heteroatoms. The lowest BCUT2D eigenvalue weighted by Gasteiger charge is -2.13. The van der Waals surface area contributed by atoms with Crippen LogP contribution in [0.3, 0.4) is 0 Å². The summed E-state index contributed by atoms with van der Waals surface area (Å²) in [6.45, 7) is 0.288. The van der Waals surface area contributed by atoms with Crippen LogP contribution in [-0.2, 0) is 27.8 Å². The molecule has 3 aromatic carbocycles. The average molecular weight is 565 g/mol. The maximum absolute atomic E-state index is 13.3. The highest BCUT2D eigenvalue weighted by atomic mass is 32.2. The number of hydrogen-bond donors (Lipinski definition) is 2. The number of anilines is 1. The van der Waals surface area contributed by atoms with Crippen LogP contribution in [0.5, 0.6) is 0 Å². The molecule has 0 atom stereocenters. The second-order valence-electron chi connectivity index (χ2n) is 8.88. The van der Waals surface area contributed by atoms with Crippen molar-refractivity contribution in [1.82, 2.24) is 15.0 Å². The summed E-state index contributed by atoms with van der Waals surface area (Å²) in [7, 11) is 0.129. The van der Waals surface area contributed by atoms with Crippen molar-refractivity contribution >= 4 is 50.5 Å². The molecule has 0 aliphatic rings. The number of sulfonamides is 1. The number of nitrogens with one attached hydrogen (secondary N) is 1. The maximum atomic E-state index is 13.3. The topological polar surface area (TPSA) is 140 Å². The summed E-state index contributed by atoms with van der Waals surface area (Å²) in [5, 5.41) is 10.1. The zero-order valence-electron chi connectivity index (χ0n) is 21.4. The molecular weight excluding hydrogens is 536 g/mol. The van der Waals surface area contributed by atoms with E-state index in [1.165, 1.54) is 16.7 Å². The Hall–Kier alpha value is -4.00. The highest BCUT2D eigenvalue weighted by Gasteiger charge is 2.14. The Morgan fingerprint density at radius 1 is 1.08 bits per heavy atom. The Bertz CT molecular complexity index is 1670. The molecule has 0 spiro atoms. The first kappa shape index (κ1) is 28.0. The van der Waals surface area contributed by atoms with Crippen molar-refractivity contribution in [3.63, 3.8) is 0 Å². The van der Waals surface area contributed by atoms with Gasteiger partial charge in [-0.1, -0.05) is 48.2 Å². The Kier molecular flexibility index (Phi) is 8.79. The molecule has 0 bridgehead atoms.